The van der Waals surface area contributed by atoms with Crippen LogP contribution in [0.2, 0.25) is 0 Å². The molecule has 0 radical (unpaired) electrons. The molecule has 8 heteroatoms. The molecule has 100 valence electrons. The molecule has 0 spiro atoms. The molecule has 0 unspecified atom stereocenters. The second-order valence-electron chi connectivity index (χ2n) is 4.02. The van der Waals surface area contributed by atoms with Crippen molar-refractivity contribution in [2.45, 2.75) is 24.0 Å². The van der Waals surface area contributed by atoms with Gasteiger partial charge in [0.25, 0.3) is 0 Å². The molecule has 18 heavy (non-hydrogen) atoms. The van der Waals surface area contributed by atoms with Crippen LogP contribution in [-0.4, -0.2) is 25.4 Å². The average Bonchev–Trinajstić information content (AvgIpc) is 2.38. The minimum absolute atomic E-state index is 0.0533. The second-order valence-corrected chi connectivity index (χ2v) is 6.80. The molecule has 0 fully saturated rings. The van der Waals surface area contributed by atoms with Gasteiger partial charge >= 0.3 is 6.18 Å². The van der Waals surface area contributed by atoms with E-state index in [9.17, 15) is 21.6 Å². The number of hydrogen-bond donors (Lipinski definition) is 0. The second kappa shape index (κ2) is 4.21. The molecule has 3 nitrogen and oxygen atoms in total. The lowest BCUT2D eigenvalue weighted by Gasteiger charge is -2.21. The molecule has 1 aliphatic rings. The van der Waals surface area contributed by atoms with Crippen LogP contribution in [0.25, 0.3) is 0 Å². The van der Waals surface area contributed by atoms with Crippen molar-refractivity contribution in [1.29, 1.82) is 0 Å². The topological polar surface area (TPSA) is 37.4 Å². The zero-order valence-corrected chi connectivity index (χ0v) is 11.6. The van der Waals surface area contributed by atoms with Gasteiger partial charge < -0.3 is 0 Å². The number of alkyl halides is 3. The normalized spacial score (nSPS) is 23.1. The highest BCUT2D eigenvalue weighted by molar-refractivity contribution is 9.10. The smallest absolute Gasteiger partial charge is 0.207 e. The Morgan fingerprint density at radius 2 is 2.00 bits per heavy atom. The molecule has 0 aliphatic carbocycles. The van der Waals surface area contributed by atoms with Gasteiger partial charge in [0.2, 0.25) is 10.0 Å². The molecule has 0 saturated heterocycles. The van der Waals surface area contributed by atoms with Gasteiger partial charge in [-0.3, -0.25) is 0 Å². The fraction of sp³-hybridized carbons (Fsp3) is 0.400. The van der Waals surface area contributed by atoms with Gasteiger partial charge in [0, 0.05) is 10.5 Å². The Morgan fingerprint density at radius 3 is 2.56 bits per heavy atom. The Bertz CT molecular complexity index is 585. The van der Waals surface area contributed by atoms with E-state index in [-0.39, 0.29) is 4.90 Å². The number of fused-ring (bicyclic) bond motifs is 1. The van der Waals surface area contributed by atoms with Gasteiger partial charge in [-0.05, 0) is 30.7 Å². The van der Waals surface area contributed by atoms with Crippen molar-refractivity contribution < 1.29 is 21.6 Å². The third-order valence-electron chi connectivity index (χ3n) is 2.78. The van der Waals surface area contributed by atoms with Crippen LogP contribution in [0.5, 0.6) is 0 Å². The van der Waals surface area contributed by atoms with Crippen molar-refractivity contribution in [3.63, 3.8) is 0 Å². The maximum atomic E-state index is 12.4. The summed E-state index contributed by atoms with van der Waals surface area (Å²) in [6.07, 6.45) is -4.55. The van der Waals surface area contributed by atoms with E-state index >= 15 is 0 Å². The maximum absolute atomic E-state index is 12.4. The third kappa shape index (κ3) is 2.28. The van der Waals surface area contributed by atoms with Crippen molar-refractivity contribution in [3.8, 4) is 0 Å². The highest BCUT2D eigenvalue weighted by Crippen LogP contribution is 2.41. The molecule has 0 amide bonds. The average molecular weight is 344 g/mol. The van der Waals surface area contributed by atoms with E-state index in [1.165, 1.54) is 25.1 Å². The van der Waals surface area contributed by atoms with Crippen LogP contribution in [0.3, 0.4) is 0 Å². The van der Waals surface area contributed by atoms with E-state index in [0.717, 1.165) is 0 Å². The maximum Gasteiger partial charge on any atom is 0.402 e. The summed E-state index contributed by atoms with van der Waals surface area (Å²) < 4.78 is 62.3. The van der Waals surface area contributed by atoms with Crippen molar-refractivity contribution in [1.82, 2.24) is 4.31 Å². The van der Waals surface area contributed by atoms with Crippen LogP contribution < -0.4 is 0 Å². The first-order valence-corrected chi connectivity index (χ1v) is 7.24. The Kier molecular flexibility index (Phi) is 3.23. The summed E-state index contributed by atoms with van der Waals surface area (Å²) in [7, 11) is -4.05. The van der Waals surface area contributed by atoms with E-state index in [1.54, 1.807) is 0 Å². The van der Waals surface area contributed by atoms with Crippen LogP contribution in [-0.2, 0) is 10.0 Å². The molecule has 0 aromatic heterocycles. The predicted octanol–water partition coefficient (Wildman–Crippen LogP) is 3.08. The summed E-state index contributed by atoms with van der Waals surface area (Å²) in [6.45, 7) is -0.0235. The Hall–Kier alpha value is -0.600. The third-order valence-corrected chi connectivity index (χ3v) is 5.26. The largest absolute Gasteiger partial charge is 0.402 e. The number of hydrogen-bond acceptors (Lipinski definition) is 2. The number of nitrogens with zero attached hydrogens (tertiary/aromatic N) is 1. The molecule has 0 bridgehead atoms. The number of benzene rings is 1. The van der Waals surface area contributed by atoms with Gasteiger partial charge in [0.1, 0.15) is 6.54 Å². The number of sulfonamides is 1. The summed E-state index contributed by atoms with van der Waals surface area (Å²) >= 11 is 3.18. The molecule has 0 saturated carbocycles. The lowest BCUT2D eigenvalue weighted by atomic mass is 10.1. The molecular weight excluding hydrogens is 335 g/mol. The molecule has 1 aliphatic heterocycles. The molecule has 1 aromatic rings. The Balaban J connectivity index is 2.51. The van der Waals surface area contributed by atoms with Crippen LogP contribution in [0, 0.1) is 0 Å². The van der Waals surface area contributed by atoms with Crippen molar-refractivity contribution in [2.24, 2.45) is 0 Å². The fourth-order valence-electron chi connectivity index (χ4n) is 1.97. The lowest BCUT2D eigenvalue weighted by molar-refractivity contribution is -0.138. The van der Waals surface area contributed by atoms with Gasteiger partial charge in [-0.15, -0.1) is 0 Å². The van der Waals surface area contributed by atoms with E-state index in [2.05, 4.69) is 15.9 Å². The van der Waals surface area contributed by atoms with Gasteiger partial charge in [-0.2, -0.15) is 17.5 Å². The van der Waals surface area contributed by atoms with Crippen LogP contribution >= 0.6 is 15.9 Å². The lowest BCUT2D eigenvalue weighted by Crippen LogP contribution is -2.36. The summed E-state index contributed by atoms with van der Waals surface area (Å²) in [5, 5.41) is 0. The van der Waals surface area contributed by atoms with Gasteiger partial charge in [-0.25, -0.2) is 8.42 Å². The Morgan fingerprint density at radius 1 is 1.39 bits per heavy atom. The first-order valence-electron chi connectivity index (χ1n) is 5.01. The van der Waals surface area contributed by atoms with Crippen LogP contribution in [0.15, 0.2) is 27.6 Å². The fourth-order valence-corrected chi connectivity index (χ4v) is 4.21. The zero-order valence-electron chi connectivity index (χ0n) is 9.20. The molecule has 1 aromatic carbocycles. The summed E-state index contributed by atoms with van der Waals surface area (Å²) in [5.41, 5.74) is 0.383. The number of rotatable bonds is 1. The van der Waals surface area contributed by atoms with E-state index in [1.807, 2.05) is 0 Å². The zero-order chi connectivity index (χ0) is 13.7. The highest BCUT2D eigenvalue weighted by atomic mass is 79.9. The Labute approximate surface area is 111 Å². The molecular formula is C10H9BrF3NO2S. The minimum Gasteiger partial charge on any atom is -0.207 e. The van der Waals surface area contributed by atoms with Crippen molar-refractivity contribution in [3.05, 3.63) is 28.2 Å². The first kappa shape index (κ1) is 13.8. The van der Waals surface area contributed by atoms with Gasteiger partial charge in [-0.1, -0.05) is 15.9 Å². The van der Waals surface area contributed by atoms with E-state index in [0.29, 0.717) is 14.3 Å². The molecule has 1 atom stereocenters. The monoisotopic (exact) mass is 343 g/mol. The van der Waals surface area contributed by atoms with Gasteiger partial charge in [0.15, 0.2) is 0 Å². The van der Waals surface area contributed by atoms with Crippen molar-refractivity contribution >= 4 is 26.0 Å². The summed E-state index contributed by atoms with van der Waals surface area (Å²) in [5.74, 6) is 0. The minimum atomic E-state index is -4.55. The standard InChI is InChI=1S/C10H9BrF3NO2S/c1-6-8-4-7(11)2-3-9(8)18(16,17)15(6)5-10(12,13)14/h2-4,6H,5H2,1H3/t6-/m1/s1. The first-order chi connectivity index (χ1) is 8.13. The number of halogens is 4. The summed E-state index contributed by atoms with van der Waals surface area (Å²) in [4.78, 5) is -0.0533. The van der Waals surface area contributed by atoms with Gasteiger partial charge in [0.05, 0.1) is 4.90 Å². The highest BCUT2D eigenvalue weighted by Gasteiger charge is 2.45. The van der Waals surface area contributed by atoms with E-state index < -0.39 is 28.8 Å². The quantitative estimate of drug-likeness (QED) is 0.785. The van der Waals surface area contributed by atoms with E-state index in [4.69, 9.17) is 0 Å². The molecule has 1 heterocycles. The van der Waals surface area contributed by atoms with Crippen LogP contribution in [0.4, 0.5) is 13.2 Å². The SMILES string of the molecule is C[C@@H]1c2cc(Br)ccc2S(=O)(=O)N1CC(F)(F)F. The van der Waals surface area contributed by atoms with Crippen molar-refractivity contribution in [2.75, 3.05) is 6.54 Å². The summed E-state index contributed by atoms with van der Waals surface area (Å²) in [6, 6.07) is 3.54. The molecule has 0 N–H and O–H groups in total. The molecule has 2 rings (SSSR count). The predicted molar refractivity (Wildman–Crippen MR) is 62.5 cm³/mol. The van der Waals surface area contributed by atoms with Crippen LogP contribution in [0.1, 0.15) is 18.5 Å².